The van der Waals surface area contributed by atoms with Gasteiger partial charge in [-0.15, -0.1) is 0 Å². The van der Waals surface area contributed by atoms with Crippen molar-refractivity contribution in [2.75, 3.05) is 58.3 Å². The Morgan fingerprint density at radius 1 is 0.971 bits per heavy atom. The summed E-state index contributed by atoms with van der Waals surface area (Å²) in [7, 11) is 4.27. The smallest absolute Gasteiger partial charge is 0.309 e. The quantitative estimate of drug-likeness (QED) is 0.618. The fraction of sp³-hybridized carbons (Fsp3) is 0.462. The Morgan fingerprint density at radius 3 is 2.47 bits per heavy atom. The number of carbonyl (C=O) groups is 2. The molecule has 4 rings (SSSR count). The zero-order chi connectivity index (χ0) is 24.1. The van der Waals surface area contributed by atoms with E-state index in [2.05, 4.69) is 57.6 Å². The molecule has 2 amide bonds. The summed E-state index contributed by atoms with van der Waals surface area (Å²) in [6.07, 6.45) is 2.22. The van der Waals surface area contributed by atoms with Crippen molar-refractivity contribution in [3.8, 4) is 0 Å². The topological polar surface area (TPSA) is 67.9 Å². The molecular weight excluding hydrogens is 450 g/mol. The van der Waals surface area contributed by atoms with E-state index >= 15 is 0 Å². The number of nitrogens with one attached hydrogen (secondary N) is 2. The first kappa shape index (κ1) is 24.5. The summed E-state index contributed by atoms with van der Waals surface area (Å²) < 4.78 is 0. The SMILES string of the molecule is CN1CCN([C@@H](CNC(=O)C(=O)NCc2ccccc2Cl)c2ccc3c(c2)CCCN3C)CC1. The number of piperazine rings is 1. The minimum atomic E-state index is -0.649. The van der Waals surface area contributed by atoms with Crippen LogP contribution in [0.5, 0.6) is 0 Å². The van der Waals surface area contributed by atoms with Gasteiger partial charge >= 0.3 is 11.8 Å². The predicted octanol–water partition coefficient (Wildman–Crippen LogP) is 2.44. The number of nitrogens with zero attached hydrogens (tertiary/aromatic N) is 3. The van der Waals surface area contributed by atoms with Crippen LogP contribution in [0.3, 0.4) is 0 Å². The molecule has 2 heterocycles. The van der Waals surface area contributed by atoms with Gasteiger partial charge in [0.15, 0.2) is 0 Å². The van der Waals surface area contributed by atoms with Gasteiger partial charge in [-0.05, 0) is 48.7 Å². The maximum atomic E-state index is 12.6. The molecule has 34 heavy (non-hydrogen) atoms. The van der Waals surface area contributed by atoms with Gasteiger partial charge < -0.3 is 20.4 Å². The van der Waals surface area contributed by atoms with Gasteiger partial charge in [0.25, 0.3) is 0 Å². The summed E-state index contributed by atoms with van der Waals surface area (Å²) in [6.45, 7) is 5.49. The summed E-state index contributed by atoms with van der Waals surface area (Å²) in [5, 5.41) is 6.12. The lowest BCUT2D eigenvalue weighted by Crippen LogP contribution is -2.49. The predicted molar refractivity (Wildman–Crippen MR) is 136 cm³/mol. The third-order valence-corrected chi connectivity index (χ3v) is 7.25. The molecule has 2 aromatic rings. The van der Waals surface area contributed by atoms with E-state index < -0.39 is 11.8 Å². The van der Waals surface area contributed by atoms with E-state index in [1.807, 2.05) is 18.2 Å². The molecule has 7 nitrogen and oxygen atoms in total. The molecule has 182 valence electrons. The summed E-state index contributed by atoms with van der Waals surface area (Å²) in [4.78, 5) is 32.1. The second-order valence-corrected chi connectivity index (χ2v) is 9.66. The zero-order valence-corrected chi connectivity index (χ0v) is 20.8. The number of likely N-dealkylation sites (N-methyl/N-ethyl adjacent to an activating group) is 1. The first-order valence-electron chi connectivity index (χ1n) is 12.0. The number of rotatable bonds is 6. The van der Waals surface area contributed by atoms with Crippen LogP contribution >= 0.6 is 11.6 Å². The molecule has 0 bridgehead atoms. The van der Waals surface area contributed by atoms with Gasteiger partial charge in [0, 0.05) is 63.6 Å². The first-order valence-corrected chi connectivity index (χ1v) is 12.4. The minimum absolute atomic E-state index is 0.0200. The maximum absolute atomic E-state index is 12.6. The molecule has 0 aliphatic carbocycles. The number of hydrogen-bond acceptors (Lipinski definition) is 5. The van der Waals surface area contributed by atoms with Gasteiger partial charge in [0.1, 0.15) is 0 Å². The average Bonchev–Trinajstić information content (AvgIpc) is 2.84. The summed E-state index contributed by atoms with van der Waals surface area (Å²) in [6, 6.07) is 14.0. The largest absolute Gasteiger partial charge is 0.374 e. The highest BCUT2D eigenvalue weighted by Crippen LogP contribution is 2.31. The van der Waals surface area contributed by atoms with Gasteiger partial charge in [-0.3, -0.25) is 14.5 Å². The van der Waals surface area contributed by atoms with Crippen LogP contribution in [0.25, 0.3) is 0 Å². The number of carbonyl (C=O) groups excluding carboxylic acids is 2. The molecule has 1 fully saturated rings. The van der Waals surface area contributed by atoms with Crippen molar-refractivity contribution in [3.05, 3.63) is 64.2 Å². The van der Waals surface area contributed by atoms with Gasteiger partial charge in [0.05, 0.1) is 6.04 Å². The van der Waals surface area contributed by atoms with Gasteiger partial charge in [-0.2, -0.15) is 0 Å². The summed E-state index contributed by atoms with van der Waals surface area (Å²) in [5.74, 6) is -1.27. The normalized spacial score (nSPS) is 17.7. The highest BCUT2D eigenvalue weighted by molar-refractivity contribution is 6.35. The van der Waals surface area contributed by atoms with Crippen LogP contribution in [0.4, 0.5) is 5.69 Å². The molecule has 0 spiro atoms. The van der Waals surface area contributed by atoms with E-state index in [0.717, 1.165) is 51.1 Å². The number of hydrogen-bond donors (Lipinski definition) is 2. The highest BCUT2D eigenvalue weighted by Gasteiger charge is 2.27. The Hall–Kier alpha value is -2.61. The van der Waals surface area contributed by atoms with Crippen LogP contribution in [-0.2, 0) is 22.6 Å². The third-order valence-electron chi connectivity index (χ3n) is 6.88. The van der Waals surface area contributed by atoms with Crippen molar-refractivity contribution in [2.24, 2.45) is 0 Å². The Labute approximate surface area is 207 Å². The van der Waals surface area contributed by atoms with Crippen LogP contribution in [0.1, 0.15) is 29.2 Å². The Bertz CT molecular complexity index is 1020. The molecule has 2 aromatic carbocycles. The molecule has 0 saturated carbocycles. The molecule has 2 N–H and O–H groups in total. The van der Waals surface area contributed by atoms with Crippen molar-refractivity contribution in [1.82, 2.24) is 20.4 Å². The number of benzene rings is 2. The van der Waals surface area contributed by atoms with Gasteiger partial charge in [-0.1, -0.05) is 41.9 Å². The van der Waals surface area contributed by atoms with Crippen molar-refractivity contribution in [1.29, 1.82) is 0 Å². The molecular formula is C26H34ClN5O2. The second-order valence-electron chi connectivity index (χ2n) is 9.25. The molecule has 2 aliphatic rings. The van der Waals surface area contributed by atoms with Crippen LogP contribution in [0.15, 0.2) is 42.5 Å². The molecule has 8 heteroatoms. The first-order chi connectivity index (χ1) is 16.4. The average molecular weight is 484 g/mol. The maximum Gasteiger partial charge on any atom is 0.309 e. The Morgan fingerprint density at radius 2 is 1.71 bits per heavy atom. The lowest BCUT2D eigenvalue weighted by atomic mass is 9.95. The number of anilines is 1. The molecule has 0 aromatic heterocycles. The monoisotopic (exact) mass is 483 g/mol. The van der Waals surface area contributed by atoms with Crippen LogP contribution in [-0.4, -0.2) is 75.0 Å². The third kappa shape index (κ3) is 5.90. The van der Waals surface area contributed by atoms with E-state index in [9.17, 15) is 9.59 Å². The van der Waals surface area contributed by atoms with Crippen LogP contribution in [0, 0.1) is 0 Å². The number of fused-ring (bicyclic) bond motifs is 1. The van der Waals surface area contributed by atoms with Crippen molar-refractivity contribution in [3.63, 3.8) is 0 Å². The van der Waals surface area contributed by atoms with E-state index in [4.69, 9.17) is 11.6 Å². The van der Waals surface area contributed by atoms with E-state index in [-0.39, 0.29) is 12.6 Å². The Balaban J connectivity index is 1.43. The molecule has 0 radical (unpaired) electrons. The zero-order valence-electron chi connectivity index (χ0n) is 20.0. The highest BCUT2D eigenvalue weighted by atomic mass is 35.5. The Kier molecular flexibility index (Phi) is 8.08. The number of halogens is 1. The lowest BCUT2D eigenvalue weighted by Gasteiger charge is -2.39. The fourth-order valence-electron chi connectivity index (χ4n) is 4.77. The fourth-order valence-corrected chi connectivity index (χ4v) is 4.97. The molecule has 2 aliphatic heterocycles. The molecule has 1 saturated heterocycles. The van der Waals surface area contributed by atoms with E-state index in [0.29, 0.717) is 11.6 Å². The molecule has 1 atom stereocenters. The van der Waals surface area contributed by atoms with Crippen molar-refractivity contribution >= 4 is 29.1 Å². The number of amides is 2. The van der Waals surface area contributed by atoms with E-state index in [1.54, 1.807) is 6.07 Å². The van der Waals surface area contributed by atoms with E-state index in [1.165, 1.54) is 16.8 Å². The van der Waals surface area contributed by atoms with Gasteiger partial charge in [0.2, 0.25) is 0 Å². The van der Waals surface area contributed by atoms with Crippen LogP contribution < -0.4 is 15.5 Å². The van der Waals surface area contributed by atoms with Gasteiger partial charge in [-0.25, -0.2) is 0 Å². The number of aryl methyl sites for hydroxylation is 1. The second kappa shape index (κ2) is 11.2. The molecule has 0 unspecified atom stereocenters. The standard InChI is InChI=1S/C26H34ClN5O2/c1-30-12-14-32(15-13-30)24(20-9-10-23-19(16-20)7-5-11-31(23)2)18-29-26(34)25(33)28-17-21-6-3-4-8-22(21)27/h3-4,6,8-10,16,24H,5,7,11-15,17-18H2,1-2H3,(H,28,33)(H,29,34)/t24-/m0/s1. The lowest BCUT2D eigenvalue weighted by molar-refractivity contribution is -0.139. The summed E-state index contributed by atoms with van der Waals surface area (Å²) in [5.41, 5.74) is 4.61. The van der Waals surface area contributed by atoms with Crippen molar-refractivity contribution < 1.29 is 9.59 Å². The van der Waals surface area contributed by atoms with Crippen LogP contribution in [0.2, 0.25) is 5.02 Å². The summed E-state index contributed by atoms with van der Waals surface area (Å²) >= 11 is 6.15. The minimum Gasteiger partial charge on any atom is -0.374 e. The van der Waals surface area contributed by atoms with Crippen molar-refractivity contribution in [2.45, 2.75) is 25.4 Å².